The zero-order chi connectivity index (χ0) is 18.2. The second-order valence-electron chi connectivity index (χ2n) is 7.25. The van der Waals surface area contributed by atoms with E-state index < -0.39 is 6.10 Å². The van der Waals surface area contributed by atoms with Gasteiger partial charge in [0.25, 0.3) is 0 Å². The van der Waals surface area contributed by atoms with Crippen LogP contribution in [-0.2, 0) is 12.0 Å². The number of anilines is 1. The lowest BCUT2D eigenvalue weighted by molar-refractivity contribution is 0.169. The fourth-order valence-electron chi connectivity index (χ4n) is 3.14. The average Bonchev–Trinajstić information content (AvgIpc) is 2.60. The lowest BCUT2D eigenvalue weighted by Gasteiger charge is -2.35. The average molecular weight is 343 g/mol. The van der Waals surface area contributed by atoms with Gasteiger partial charge < -0.3 is 19.5 Å². The van der Waals surface area contributed by atoms with E-state index in [4.69, 9.17) is 14.5 Å². The molecule has 1 aliphatic rings. The molecule has 3 rings (SSSR count). The summed E-state index contributed by atoms with van der Waals surface area (Å²) in [6.07, 6.45) is 1.09. The molecule has 1 aromatic carbocycles. The monoisotopic (exact) mass is 343 g/mol. The number of rotatable bonds is 3. The first-order valence-electron chi connectivity index (χ1n) is 8.35. The molecule has 134 valence electrons. The molecule has 1 N–H and O–H groups in total. The molecule has 2 aromatic rings. The van der Waals surface area contributed by atoms with Crippen molar-refractivity contribution in [1.82, 2.24) is 9.97 Å². The van der Waals surface area contributed by atoms with Crippen molar-refractivity contribution in [3.05, 3.63) is 41.3 Å². The van der Waals surface area contributed by atoms with Gasteiger partial charge in [0, 0.05) is 29.3 Å². The Morgan fingerprint density at radius 3 is 2.44 bits per heavy atom. The molecule has 0 saturated carbocycles. The Bertz CT molecular complexity index is 771. The number of hydrogen-bond donors (Lipinski definition) is 1. The zero-order valence-electron chi connectivity index (χ0n) is 15.4. The number of fused-ring (bicyclic) bond motifs is 1. The predicted octanol–water partition coefficient (Wildman–Crippen LogP) is 2.84. The summed E-state index contributed by atoms with van der Waals surface area (Å²) in [5.74, 6) is 3.00. The molecule has 6 heteroatoms. The molecule has 1 aliphatic heterocycles. The van der Waals surface area contributed by atoms with Crippen LogP contribution in [0.1, 0.15) is 43.8 Å². The van der Waals surface area contributed by atoms with Crippen LogP contribution < -0.4 is 14.4 Å². The molecule has 0 radical (unpaired) electrons. The highest BCUT2D eigenvalue weighted by atomic mass is 16.5. The van der Waals surface area contributed by atoms with Crippen LogP contribution in [0.2, 0.25) is 0 Å². The van der Waals surface area contributed by atoms with Gasteiger partial charge in [-0.1, -0.05) is 20.8 Å². The molecule has 0 amide bonds. The molecule has 2 heterocycles. The smallest absolute Gasteiger partial charge is 0.135 e. The minimum Gasteiger partial charge on any atom is -0.496 e. The van der Waals surface area contributed by atoms with Crippen LogP contribution in [0.5, 0.6) is 11.5 Å². The fraction of sp³-hybridized carbons (Fsp3) is 0.474. The minimum atomic E-state index is -0.679. The maximum atomic E-state index is 10.7. The molecule has 0 bridgehead atoms. The normalized spacial score (nSPS) is 17.2. The van der Waals surface area contributed by atoms with E-state index in [-0.39, 0.29) is 5.41 Å². The summed E-state index contributed by atoms with van der Waals surface area (Å²) in [7, 11) is 3.25. The second kappa shape index (κ2) is 6.52. The van der Waals surface area contributed by atoms with E-state index >= 15 is 0 Å². The van der Waals surface area contributed by atoms with Crippen LogP contribution >= 0.6 is 0 Å². The fourth-order valence-corrected chi connectivity index (χ4v) is 3.14. The van der Waals surface area contributed by atoms with Crippen LogP contribution in [0, 0.1) is 0 Å². The van der Waals surface area contributed by atoms with Crippen molar-refractivity contribution in [2.45, 2.75) is 38.8 Å². The zero-order valence-corrected chi connectivity index (χ0v) is 15.4. The van der Waals surface area contributed by atoms with Gasteiger partial charge in [0.1, 0.15) is 29.2 Å². The summed E-state index contributed by atoms with van der Waals surface area (Å²) in [6, 6.07) is 5.58. The predicted molar refractivity (Wildman–Crippen MR) is 96.3 cm³/mol. The molecule has 0 saturated heterocycles. The number of benzene rings is 1. The van der Waals surface area contributed by atoms with Crippen molar-refractivity contribution in [3.8, 4) is 11.5 Å². The van der Waals surface area contributed by atoms with Gasteiger partial charge in [-0.25, -0.2) is 9.97 Å². The third-order valence-corrected chi connectivity index (χ3v) is 4.43. The largest absolute Gasteiger partial charge is 0.496 e. The maximum Gasteiger partial charge on any atom is 0.135 e. The Morgan fingerprint density at radius 1 is 1.12 bits per heavy atom. The number of β-amino-alcohol motifs (C(OH)–C–C–N with tert-alkyl or cyclic N) is 1. The number of nitrogens with zero attached hydrogens (tertiary/aromatic N) is 3. The second-order valence-corrected chi connectivity index (χ2v) is 7.25. The van der Waals surface area contributed by atoms with Gasteiger partial charge in [-0.15, -0.1) is 0 Å². The molecule has 1 atom stereocenters. The Kier molecular flexibility index (Phi) is 4.56. The van der Waals surface area contributed by atoms with Gasteiger partial charge >= 0.3 is 0 Å². The first-order chi connectivity index (χ1) is 11.8. The van der Waals surface area contributed by atoms with Crippen molar-refractivity contribution in [2.75, 3.05) is 25.7 Å². The first-order valence-corrected chi connectivity index (χ1v) is 8.35. The van der Waals surface area contributed by atoms with E-state index in [0.717, 1.165) is 28.5 Å². The summed E-state index contributed by atoms with van der Waals surface area (Å²) in [4.78, 5) is 11.1. The van der Waals surface area contributed by atoms with Crippen molar-refractivity contribution < 1.29 is 14.6 Å². The van der Waals surface area contributed by atoms with E-state index in [1.165, 1.54) is 0 Å². The topological polar surface area (TPSA) is 67.7 Å². The van der Waals surface area contributed by atoms with Crippen molar-refractivity contribution in [3.63, 3.8) is 0 Å². The number of ether oxygens (including phenoxy) is 2. The highest BCUT2D eigenvalue weighted by Crippen LogP contribution is 2.40. The number of methoxy groups -OCH3 is 2. The highest BCUT2D eigenvalue weighted by molar-refractivity contribution is 5.55. The molecule has 6 nitrogen and oxygen atoms in total. The Labute approximate surface area is 148 Å². The molecule has 0 spiro atoms. The van der Waals surface area contributed by atoms with Crippen molar-refractivity contribution >= 4 is 5.82 Å². The van der Waals surface area contributed by atoms with E-state index in [1.807, 2.05) is 23.1 Å². The van der Waals surface area contributed by atoms with Gasteiger partial charge in [-0.05, 0) is 18.2 Å². The highest BCUT2D eigenvalue weighted by Gasteiger charge is 2.31. The summed E-state index contributed by atoms with van der Waals surface area (Å²) < 4.78 is 10.9. The van der Waals surface area contributed by atoms with Gasteiger partial charge in [-0.2, -0.15) is 0 Å². The summed E-state index contributed by atoms with van der Waals surface area (Å²) in [6.45, 7) is 7.28. The summed E-state index contributed by atoms with van der Waals surface area (Å²) >= 11 is 0. The number of aliphatic hydroxyl groups is 1. The Morgan fingerprint density at radius 2 is 1.80 bits per heavy atom. The van der Waals surface area contributed by atoms with Crippen LogP contribution in [0.15, 0.2) is 24.4 Å². The van der Waals surface area contributed by atoms with Gasteiger partial charge in [-0.3, -0.25) is 0 Å². The number of hydrogen-bond acceptors (Lipinski definition) is 6. The van der Waals surface area contributed by atoms with Crippen LogP contribution in [-0.4, -0.2) is 35.8 Å². The van der Waals surface area contributed by atoms with Crippen molar-refractivity contribution in [2.24, 2.45) is 0 Å². The lowest BCUT2D eigenvalue weighted by Crippen LogP contribution is -2.35. The molecule has 0 aliphatic carbocycles. The number of aliphatic hydroxyl groups excluding tert-OH is 1. The third kappa shape index (κ3) is 3.26. The molecule has 1 aromatic heterocycles. The van der Waals surface area contributed by atoms with Crippen LogP contribution in [0.25, 0.3) is 0 Å². The molecule has 1 unspecified atom stereocenters. The molecular formula is C19H25N3O3. The Balaban J connectivity index is 2.02. The molecule has 25 heavy (non-hydrogen) atoms. The van der Waals surface area contributed by atoms with Gasteiger partial charge in [0.05, 0.1) is 20.8 Å². The molecular weight excluding hydrogens is 318 g/mol. The quantitative estimate of drug-likeness (QED) is 0.924. The Hall–Kier alpha value is -2.34. The lowest BCUT2D eigenvalue weighted by atomic mass is 9.94. The number of aromatic nitrogens is 2. The van der Waals surface area contributed by atoms with Crippen LogP contribution in [0.3, 0.4) is 0 Å². The minimum absolute atomic E-state index is 0.136. The first kappa shape index (κ1) is 17.5. The van der Waals surface area contributed by atoms with E-state index in [9.17, 15) is 5.11 Å². The standard InChI is InChI=1S/C19H25N3O3/c1-19(2,3)18-20-9-8-16(21-18)22-10-12-14(24-4)6-7-15(25-5)17(12)13(23)11-22/h6-9,13,23H,10-11H2,1-5H3. The van der Waals surface area contributed by atoms with E-state index in [2.05, 4.69) is 25.8 Å². The van der Waals surface area contributed by atoms with Gasteiger partial charge in [0.15, 0.2) is 0 Å². The maximum absolute atomic E-state index is 10.7. The molecule has 0 fully saturated rings. The van der Waals surface area contributed by atoms with E-state index in [0.29, 0.717) is 18.8 Å². The SMILES string of the molecule is COc1ccc(OC)c2c1CN(c1ccnc(C(C)(C)C)n1)CC2O. The van der Waals surface area contributed by atoms with Crippen molar-refractivity contribution in [1.29, 1.82) is 0 Å². The summed E-state index contributed by atoms with van der Waals surface area (Å²) in [5.41, 5.74) is 1.59. The van der Waals surface area contributed by atoms with Crippen LogP contribution in [0.4, 0.5) is 5.82 Å². The van der Waals surface area contributed by atoms with E-state index in [1.54, 1.807) is 20.4 Å². The van der Waals surface area contributed by atoms with Gasteiger partial charge in [0.2, 0.25) is 0 Å². The third-order valence-electron chi connectivity index (χ3n) is 4.43. The summed E-state index contributed by atoms with van der Waals surface area (Å²) in [5, 5.41) is 10.7.